The third-order valence-corrected chi connectivity index (χ3v) is 6.37. The number of carbonyl (C=O) groups is 1. The molecule has 5 rings (SSSR count). The Balaban J connectivity index is 1.71. The summed E-state index contributed by atoms with van der Waals surface area (Å²) in [4.78, 5) is 24.8. The molecule has 12 heteroatoms. The number of nitrogens with one attached hydrogen (secondary N) is 1. The standard InChI is InChI=1S/C27H21F4N5O3/c1-15-11-18(13-20(28)23(15)38-2)26(17-6-3-5-16(12-17)21-14-33-8-9-34-21)19-7-4-10-36(22(19)24(32)35-26)39-25(37)27(29,30)31/h3-14,35H,32H2,1-2H3. The number of nitrogens with zero attached hydrogens (tertiary/aromatic N) is 3. The van der Waals surface area contributed by atoms with Crippen molar-refractivity contribution in [3.63, 3.8) is 0 Å². The zero-order chi connectivity index (χ0) is 27.9. The van der Waals surface area contributed by atoms with Crippen molar-refractivity contribution >= 4 is 5.97 Å². The lowest BCUT2D eigenvalue weighted by Crippen LogP contribution is -2.42. The molecule has 3 aromatic rings. The first kappa shape index (κ1) is 25.8. The summed E-state index contributed by atoms with van der Waals surface area (Å²) in [6.07, 6.45) is 3.53. The van der Waals surface area contributed by atoms with E-state index in [-0.39, 0.29) is 17.3 Å². The molecule has 1 atom stereocenters. The van der Waals surface area contributed by atoms with E-state index in [9.17, 15) is 18.0 Å². The van der Waals surface area contributed by atoms with Crippen LogP contribution in [0.5, 0.6) is 5.75 Å². The number of nitrogens with two attached hydrogens (primary N) is 1. The van der Waals surface area contributed by atoms with Crippen molar-refractivity contribution in [3.05, 3.63) is 113 Å². The quantitative estimate of drug-likeness (QED) is 0.462. The lowest BCUT2D eigenvalue weighted by Gasteiger charge is -2.36. The molecule has 0 spiro atoms. The van der Waals surface area contributed by atoms with Gasteiger partial charge in [0, 0.05) is 29.7 Å². The van der Waals surface area contributed by atoms with E-state index >= 15 is 4.39 Å². The van der Waals surface area contributed by atoms with Gasteiger partial charge < -0.3 is 20.6 Å². The molecule has 0 bridgehead atoms. The highest BCUT2D eigenvalue weighted by molar-refractivity contribution is 5.76. The van der Waals surface area contributed by atoms with Crippen LogP contribution < -0.4 is 15.8 Å². The maximum absolute atomic E-state index is 15.2. The van der Waals surface area contributed by atoms with Gasteiger partial charge in [0.05, 0.1) is 19.0 Å². The van der Waals surface area contributed by atoms with Gasteiger partial charge in [0.2, 0.25) is 0 Å². The molecule has 200 valence electrons. The van der Waals surface area contributed by atoms with Gasteiger partial charge in [0.1, 0.15) is 17.1 Å². The van der Waals surface area contributed by atoms with Crippen molar-refractivity contribution in [1.82, 2.24) is 20.3 Å². The Morgan fingerprint density at radius 3 is 2.62 bits per heavy atom. The highest BCUT2D eigenvalue weighted by Gasteiger charge is 2.50. The molecule has 0 fully saturated rings. The Labute approximate surface area is 220 Å². The minimum atomic E-state index is -5.24. The second kappa shape index (κ2) is 9.46. The second-order valence-corrected chi connectivity index (χ2v) is 8.74. The fraction of sp³-hybridized carbons (Fsp3) is 0.148. The van der Waals surface area contributed by atoms with Crippen molar-refractivity contribution in [2.24, 2.45) is 5.73 Å². The summed E-state index contributed by atoms with van der Waals surface area (Å²) in [5, 5.41) is 3.79. The molecule has 1 aromatic heterocycles. The van der Waals surface area contributed by atoms with Crippen LogP contribution in [0.4, 0.5) is 17.6 Å². The van der Waals surface area contributed by atoms with Crippen LogP contribution in [0.15, 0.2) is 90.4 Å². The first-order valence-corrected chi connectivity index (χ1v) is 11.5. The van der Waals surface area contributed by atoms with Crippen molar-refractivity contribution < 1.29 is 31.9 Å². The van der Waals surface area contributed by atoms with E-state index in [2.05, 4.69) is 20.1 Å². The fourth-order valence-electron chi connectivity index (χ4n) is 4.79. The molecule has 0 aliphatic carbocycles. The first-order chi connectivity index (χ1) is 18.6. The molecule has 8 nitrogen and oxygen atoms in total. The van der Waals surface area contributed by atoms with Crippen LogP contribution in [0.2, 0.25) is 0 Å². The van der Waals surface area contributed by atoms with E-state index in [0.717, 1.165) is 6.20 Å². The number of allylic oxidation sites excluding steroid dienone is 2. The number of ether oxygens (including phenoxy) is 1. The Kier molecular flexibility index (Phi) is 6.25. The van der Waals surface area contributed by atoms with Gasteiger partial charge in [-0.15, -0.1) is 0 Å². The fourth-order valence-corrected chi connectivity index (χ4v) is 4.79. The monoisotopic (exact) mass is 539 g/mol. The number of halogens is 4. The van der Waals surface area contributed by atoms with Gasteiger partial charge in [0.15, 0.2) is 11.6 Å². The first-order valence-electron chi connectivity index (χ1n) is 11.5. The third kappa shape index (κ3) is 4.33. The number of carbonyl (C=O) groups excluding carboxylic acids is 1. The third-order valence-electron chi connectivity index (χ3n) is 6.37. The molecule has 2 aliphatic heterocycles. The molecule has 0 amide bonds. The summed E-state index contributed by atoms with van der Waals surface area (Å²) in [7, 11) is 1.35. The average molecular weight is 539 g/mol. The minimum Gasteiger partial charge on any atom is -0.493 e. The largest absolute Gasteiger partial charge is 0.493 e. The SMILES string of the molecule is COc1c(C)cc(C2(c3cccc(-c4cnccn4)c3)NC(N)=C3C2=CC=CN3OC(=O)C(F)(F)F)cc1F. The second-order valence-electron chi connectivity index (χ2n) is 8.74. The lowest BCUT2D eigenvalue weighted by molar-refractivity contribution is -0.224. The number of hydrogen-bond acceptors (Lipinski definition) is 8. The van der Waals surface area contributed by atoms with Crippen molar-refractivity contribution in [2.45, 2.75) is 18.6 Å². The predicted molar refractivity (Wildman–Crippen MR) is 131 cm³/mol. The zero-order valence-electron chi connectivity index (χ0n) is 20.6. The average Bonchev–Trinajstić information content (AvgIpc) is 3.22. The van der Waals surface area contributed by atoms with Crippen molar-refractivity contribution in [1.29, 1.82) is 0 Å². The number of methoxy groups -OCH3 is 1. The molecule has 1 unspecified atom stereocenters. The number of rotatable bonds is 5. The maximum atomic E-state index is 15.2. The Morgan fingerprint density at radius 2 is 1.95 bits per heavy atom. The Morgan fingerprint density at radius 1 is 1.15 bits per heavy atom. The summed E-state index contributed by atoms with van der Waals surface area (Å²) >= 11 is 0. The number of fused-ring (bicyclic) bond motifs is 1. The summed E-state index contributed by atoms with van der Waals surface area (Å²) in [6, 6.07) is 10.0. The molecule has 39 heavy (non-hydrogen) atoms. The summed E-state index contributed by atoms with van der Waals surface area (Å²) < 4.78 is 59.5. The summed E-state index contributed by atoms with van der Waals surface area (Å²) in [5.74, 6) is -3.14. The van der Waals surface area contributed by atoms with E-state index in [4.69, 9.17) is 10.5 Å². The lowest BCUT2D eigenvalue weighted by atomic mass is 9.75. The molecule has 2 aliphatic rings. The smallest absolute Gasteiger partial charge is 0.493 e. The van der Waals surface area contributed by atoms with E-state index in [1.165, 1.54) is 31.6 Å². The van der Waals surface area contributed by atoms with Crippen LogP contribution >= 0.6 is 0 Å². The number of benzene rings is 2. The van der Waals surface area contributed by atoms with E-state index in [0.29, 0.717) is 38.6 Å². The van der Waals surface area contributed by atoms with E-state index in [1.807, 2.05) is 0 Å². The van der Waals surface area contributed by atoms with Crippen molar-refractivity contribution in [3.8, 4) is 17.0 Å². The minimum absolute atomic E-state index is 0.0334. The van der Waals surface area contributed by atoms with Crippen LogP contribution in [0.3, 0.4) is 0 Å². The van der Waals surface area contributed by atoms with Crippen LogP contribution in [-0.4, -0.2) is 34.3 Å². The summed E-state index contributed by atoms with van der Waals surface area (Å²) in [5.41, 5.74) is 7.83. The normalized spacial score (nSPS) is 18.4. The maximum Gasteiger partial charge on any atom is 0.493 e. The molecule has 0 saturated heterocycles. The van der Waals surface area contributed by atoms with Crippen LogP contribution in [-0.2, 0) is 15.2 Å². The van der Waals surface area contributed by atoms with Gasteiger partial charge in [-0.2, -0.15) is 18.2 Å². The molecule has 0 saturated carbocycles. The molecular formula is C27H21F4N5O3. The number of hydrogen-bond donors (Lipinski definition) is 2. The van der Waals surface area contributed by atoms with Gasteiger partial charge in [-0.3, -0.25) is 9.97 Å². The van der Waals surface area contributed by atoms with Gasteiger partial charge in [0.25, 0.3) is 0 Å². The summed E-state index contributed by atoms with van der Waals surface area (Å²) in [6.45, 7) is 1.66. The molecular weight excluding hydrogens is 518 g/mol. The number of aromatic nitrogens is 2. The van der Waals surface area contributed by atoms with Crippen LogP contribution in [0.25, 0.3) is 11.3 Å². The molecule has 3 N–H and O–H groups in total. The van der Waals surface area contributed by atoms with Crippen LogP contribution in [0, 0.1) is 12.7 Å². The zero-order valence-corrected chi connectivity index (χ0v) is 20.6. The highest BCUT2D eigenvalue weighted by atomic mass is 19.4. The number of alkyl halides is 3. The Hall–Kier alpha value is -4.87. The molecule has 2 aromatic carbocycles. The highest BCUT2D eigenvalue weighted by Crippen LogP contribution is 2.49. The predicted octanol–water partition coefficient (Wildman–Crippen LogP) is 4.35. The van der Waals surface area contributed by atoms with Gasteiger partial charge >= 0.3 is 12.1 Å². The number of hydroxylamine groups is 2. The van der Waals surface area contributed by atoms with Gasteiger partial charge in [-0.1, -0.05) is 24.3 Å². The van der Waals surface area contributed by atoms with Gasteiger partial charge in [-0.05, 0) is 47.9 Å². The van der Waals surface area contributed by atoms with E-state index in [1.54, 1.807) is 49.5 Å². The Bertz CT molecular complexity index is 1530. The number of aryl methyl sites for hydroxylation is 1. The van der Waals surface area contributed by atoms with Crippen LogP contribution in [0.1, 0.15) is 16.7 Å². The topological polar surface area (TPSA) is 103 Å². The van der Waals surface area contributed by atoms with Gasteiger partial charge in [-0.25, -0.2) is 9.18 Å². The van der Waals surface area contributed by atoms with Crippen molar-refractivity contribution in [2.75, 3.05) is 7.11 Å². The van der Waals surface area contributed by atoms with E-state index < -0.39 is 23.5 Å². The molecule has 0 radical (unpaired) electrons. The molecule has 3 heterocycles.